The van der Waals surface area contributed by atoms with E-state index in [2.05, 4.69) is 5.32 Å². The Morgan fingerprint density at radius 3 is 2.77 bits per heavy atom. The molecule has 0 bridgehead atoms. The highest BCUT2D eigenvalue weighted by molar-refractivity contribution is 8.01. The fourth-order valence-corrected chi connectivity index (χ4v) is 5.09. The van der Waals surface area contributed by atoms with Gasteiger partial charge in [-0.1, -0.05) is 31.2 Å². The van der Waals surface area contributed by atoms with Crippen LogP contribution in [0.3, 0.4) is 0 Å². The molecule has 158 valence electrons. The van der Waals surface area contributed by atoms with Crippen molar-refractivity contribution in [3.63, 3.8) is 0 Å². The van der Waals surface area contributed by atoms with Gasteiger partial charge < -0.3 is 15.0 Å². The number of fused-ring (bicyclic) bond motifs is 1. The predicted molar refractivity (Wildman–Crippen MR) is 115 cm³/mol. The zero-order valence-corrected chi connectivity index (χ0v) is 17.7. The first-order valence-corrected chi connectivity index (χ1v) is 11.1. The lowest BCUT2D eigenvalue weighted by molar-refractivity contribution is -0.128. The number of carbonyl (C=O) groups excluding carboxylic acids is 2. The second-order valence-corrected chi connectivity index (χ2v) is 8.91. The van der Waals surface area contributed by atoms with E-state index in [1.165, 1.54) is 23.9 Å². The Labute approximate surface area is 180 Å². The summed E-state index contributed by atoms with van der Waals surface area (Å²) in [6, 6.07) is 13.8. The van der Waals surface area contributed by atoms with E-state index in [9.17, 15) is 14.0 Å². The smallest absolute Gasteiger partial charge is 0.241 e. The van der Waals surface area contributed by atoms with Gasteiger partial charge in [0.25, 0.3) is 0 Å². The second-order valence-electron chi connectivity index (χ2n) is 7.73. The summed E-state index contributed by atoms with van der Waals surface area (Å²) in [4.78, 5) is 28.8. The molecule has 2 aliphatic heterocycles. The maximum atomic E-state index is 13.4. The highest BCUT2D eigenvalue weighted by Gasteiger charge is 2.39. The Morgan fingerprint density at radius 2 is 2.03 bits per heavy atom. The molecule has 30 heavy (non-hydrogen) atoms. The van der Waals surface area contributed by atoms with Crippen LogP contribution in [0.1, 0.15) is 25.3 Å². The van der Waals surface area contributed by atoms with Crippen LogP contribution >= 0.6 is 11.8 Å². The molecule has 5 nitrogen and oxygen atoms in total. The molecule has 2 aromatic rings. The van der Waals surface area contributed by atoms with Crippen molar-refractivity contribution >= 4 is 29.3 Å². The molecule has 0 unspecified atom stereocenters. The Bertz CT molecular complexity index is 915. The number of ether oxygens (including phenoxy) is 1. The fraction of sp³-hybridized carbons (Fsp3) is 0.391. The number of nitrogens with one attached hydrogen (secondary N) is 1. The number of carbonyl (C=O) groups is 2. The molecule has 2 amide bonds. The van der Waals surface area contributed by atoms with Crippen LogP contribution < -0.4 is 10.2 Å². The average molecular weight is 429 g/mol. The number of nitrogens with zero attached hydrogens (tertiary/aromatic N) is 1. The molecule has 0 radical (unpaired) electrons. The van der Waals surface area contributed by atoms with Gasteiger partial charge in [0.2, 0.25) is 11.8 Å². The van der Waals surface area contributed by atoms with Crippen molar-refractivity contribution in [3.05, 3.63) is 59.9 Å². The van der Waals surface area contributed by atoms with Gasteiger partial charge in [-0.15, -0.1) is 11.8 Å². The van der Waals surface area contributed by atoms with Gasteiger partial charge in [-0.2, -0.15) is 0 Å². The van der Waals surface area contributed by atoms with Crippen molar-refractivity contribution in [1.82, 2.24) is 5.32 Å². The zero-order valence-electron chi connectivity index (χ0n) is 16.8. The predicted octanol–water partition coefficient (Wildman–Crippen LogP) is 3.76. The lowest BCUT2D eigenvalue weighted by Crippen LogP contribution is -2.48. The Balaban J connectivity index is 1.51. The fourth-order valence-electron chi connectivity index (χ4n) is 3.81. The van der Waals surface area contributed by atoms with Gasteiger partial charge in [-0.25, -0.2) is 4.39 Å². The van der Waals surface area contributed by atoms with E-state index < -0.39 is 11.2 Å². The molecule has 0 spiro atoms. The van der Waals surface area contributed by atoms with Crippen molar-refractivity contribution in [2.45, 2.75) is 42.6 Å². The quantitative estimate of drug-likeness (QED) is 0.761. The molecule has 2 aromatic carbocycles. The Hall–Kier alpha value is -2.38. The average Bonchev–Trinajstić information content (AvgIpc) is 3.28. The van der Waals surface area contributed by atoms with Crippen molar-refractivity contribution in [2.24, 2.45) is 5.92 Å². The molecular formula is C23H25FN2O3S. The number of rotatable bonds is 6. The molecule has 1 fully saturated rings. The third kappa shape index (κ3) is 4.52. The maximum absolute atomic E-state index is 13.4. The molecule has 1 saturated heterocycles. The minimum atomic E-state index is -0.523. The summed E-state index contributed by atoms with van der Waals surface area (Å²) >= 11 is 1.43. The number of para-hydroxylation sites is 1. The lowest BCUT2D eigenvalue weighted by atomic mass is 10.0. The molecule has 3 atom stereocenters. The lowest BCUT2D eigenvalue weighted by Gasteiger charge is -2.35. The highest BCUT2D eigenvalue weighted by Crippen LogP contribution is 2.42. The number of anilines is 1. The Kier molecular flexibility index (Phi) is 6.39. The van der Waals surface area contributed by atoms with Crippen molar-refractivity contribution in [3.8, 4) is 0 Å². The molecule has 2 aliphatic rings. The van der Waals surface area contributed by atoms with Crippen LogP contribution in [0.5, 0.6) is 0 Å². The van der Waals surface area contributed by atoms with E-state index in [4.69, 9.17) is 4.74 Å². The molecule has 4 rings (SSSR count). The van der Waals surface area contributed by atoms with E-state index in [0.29, 0.717) is 13.1 Å². The Morgan fingerprint density at radius 1 is 1.27 bits per heavy atom. The standard InChI is InChI=1S/C23H25FN2O3S/c1-15(22(27)25-13-18-5-4-12-29-18)21-23(28)26(14-16-8-10-17(24)11-9-16)19-6-2-3-7-20(19)30-21/h2-3,6-11,15,18,21H,4-5,12-14H2,1H3,(H,25,27)/t15-,18-,21+/m0/s1. The van der Waals surface area contributed by atoms with Gasteiger partial charge >= 0.3 is 0 Å². The molecule has 2 heterocycles. The van der Waals surface area contributed by atoms with Crippen LogP contribution in [0, 0.1) is 11.7 Å². The number of thioether (sulfide) groups is 1. The molecular weight excluding hydrogens is 403 g/mol. The van der Waals surface area contributed by atoms with Gasteiger partial charge in [0.05, 0.1) is 24.3 Å². The SMILES string of the molecule is C[C@H](C(=O)NC[C@@H]1CCCO1)[C@H]1Sc2ccccc2N(Cc2ccc(F)cc2)C1=O. The maximum Gasteiger partial charge on any atom is 0.241 e. The zero-order chi connectivity index (χ0) is 21.1. The summed E-state index contributed by atoms with van der Waals surface area (Å²) in [7, 11) is 0. The van der Waals surface area contributed by atoms with Gasteiger partial charge in [0.15, 0.2) is 0 Å². The van der Waals surface area contributed by atoms with E-state index in [1.54, 1.807) is 24.0 Å². The topological polar surface area (TPSA) is 58.6 Å². The first-order valence-electron chi connectivity index (χ1n) is 10.2. The van der Waals surface area contributed by atoms with Crippen LogP contribution in [-0.2, 0) is 20.9 Å². The summed E-state index contributed by atoms with van der Waals surface area (Å²) in [6.07, 6.45) is 2.03. The largest absolute Gasteiger partial charge is 0.376 e. The summed E-state index contributed by atoms with van der Waals surface area (Å²) in [5.74, 6) is -1.05. The first-order chi connectivity index (χ1) is 14.5. The van der Waals surface area contributed by atoms with E-state index >= 15 is 0 Å². The molecule has 0 aliphatic carbocycles. The third-order valence-corrected chi connectivity index (χ3v) is 7.03. The summed E-state index contributed by atoms with van der Waals surface area (Å²) < 4.78 is 18.9. The minimum absolute atomic E-state index is 0.0616. The molecule has 7 heteroatoms. The summed E-state index contributed by atoms with van der Waals surface area (Å²) in [6.45, 7) is 3.34. The van der Waals surface area contributed by atoms with Crippen molar-refractivity contribution < 1.29 is 18.7 Å². The summed E-state index contributed by atoms with van der Waals surface area (Å²) in [5.41, 5.74) is 1.65. The van der Waals surface area contributed by atoms with Gasteiger partial charge in [0, 0.05) is 18.0 Å². The monoisotopic (exact) mass is 428 g/mol. The van der Waals surface area contributed by atoms with Crippen molar-refractivity contribution in [1.29, 1.82) is 0 Å². The first kappa shape index (κ1) is 20.9. The summed E-state index contributed by atoms with van der Waals surface area (Å²) in [5, 5.41) is 2.42. The van der Waals surface area contributed by atoms with Gasteiger partial charge in [-0.3, -0.25) is 9.59 Å². The van der Waals surface area contributed by atoms with Crippen LogP contribution in [-0.4, -0.2) is 36.3 Å². The van der Waals surface area contributed by atoms with Crippen LogP contribution in [0.4, 0.5) is 10.1 Å². The third-order valence-electron chi connectivity index (χ3n) is 5.57. The van der Waals surface area contributed by atoms with Gasteiger partial charge in [-0.05, 0) is 42.7 Å². The van der Waals surface area contributed by atoms with Crippen LogP contribution in [0.2, 0.25) is 0 Å². The number of hydrogen-bond acceptors (Lipinski definition) is 4. The highest BCUT2D eigenvalue weighted by atomic mass is 32.2. The number of amides is 2. The van der Waals surface area contributed by atoms with Gasteiger partial charge in [0.1, 0.15) is 11.1 Å². The molecule has 0 aromatic heterocycles. The second kappa shape index (κ2) is 9.18. The van der Waals surface area contributed by atoms with E-state index in [0.717, 1.165) is 35.6 Å². The number of hydrogen-bond donors (Lipinski definition) is 1. The molecule has 1 N–H and O–H groups in total. The molecule has 0 saturated carbocycles. The van der Waals surface area contributed by atoms with Crippen LogP contribution in [0.25, 0.3) is 0 Å². The number of benzene rings is 2. The number of halogens is 1. The van der Waals surface area contributed by atoms with E-state index in [-0.39, 0.29) is 23.7 Å². The van der Waals surface area contributed by atoms with Crippen LogP contribution in [0.15, 0.2) is 53.4 Å². The van der Waals surface area contributed by atoms with Crippen molar-refractivity contribution in [2.75, 3.05) is 18.1 Å². The minimum Gasteiger partial charge on any atom is -0.376 e. The normalized spacial score (nSPS) is 21.9. The van der Waals surface area contributed by atoms with E-state index in [1.807, 2.05) is 24.3 Å².